The summed E-state index contributed by atoms with van der Waals surface area (Å²) < 4.78 is 5.43. The number of amides is 2. The second kappa shape index (κ2) is 9.50. The van der Waals surface area contributed by atoms with Crippen molar-refractivity contribution in [3.63, 3.8) is 0 Å². The molecule has 4 rings (SSSR count). The first-order valence-electron chi connectivity index (χ1n) is 11.3. The van der Waals surface area contributed by atoms with Crippen molar-refractivity contribution in [3.05, 3.63) is 41.8 Å². The van der Waals surface area contributed by atoms with Crippen molar-refractivity contribution in [2.45, 2.75) is 76.8 Å². The Morgan fingerprint density at radius 1 is 1.16 bits per heavy atom. The van der Waals surface area contributed by atoms with Crippen LogP contribution >= 0.6 is 0 Å². The highest BCUT2D eigenvalue weighted by Crippen LogP contribution is 2.34. The molecule has 0 bridgehead atoms. The van der Waals surface area contributed by atoms with E-state index >= 15 is 0 Å². The largest absolute Gasteiger partial charge is 0.346 e. The van der Waals surface area contributed by atoms with Gasteiger partial charge in [0.15, 0.2) is 5.82 Å². The molecule has 9 heteroatoms. The number of benzene rings is 1. The van der Waals surface area contributed by atoms with Crippen molar-refractivity contribution < 1.29 is 14.1 Å². The van der Waals surface area contributed by atoms with Crippen LogP contribution in [0.3, 0.4) is 0 Å². The normalized spacial score (nSPS) is 16.9. The fraction of sp³-hybridized carbons (Fsp3) is 0.522. The third-order valence-electron chi connectivity index (χ3n) is 6.03. The van der Waals surface area contributed by atoms with Gasteiger partial charge in [-0.2, -0.15) is 4.98 Å². The van der Waals surface area contributed by atoms with Crippen molar-refractivity contribution in [1.29, 1.82) is 0 Å². The van der Waals surface area contributed by atoms with Crippen molar-refractivity contribution in [1.82, 2.24) is 30.7 Å². The number of carbonyl (C=O) groups excluding carboxylic acids is 2. The van der Waals surface area contributed by atoms with E-state index in [-0.39, 0.29) is 24.3 Å². The lowest BCUT2D eigenvalue weighted by Crippen LogP contribution is -2.45. The highest BCUT2D eigenvalue weighted by molar-refractivity contribution is 5.77. The average Bonchev–Trinajstić information content (AvgIpc) is 3.35. The lowest BCUT2D eigenvalue weighted by atomic mass is 9.89. The Morgan fingerprint density at radius 3 is 2.62 bits per heavy atom. The fourth-order valence-corrected chi connectivity index (χ4v) is 4.40. The number of rotatable bonds is 7. The van der Waals surface area contributed by atoms with Crippen molar-refractivity contribution in [3.8, 4) is 0 Å². The minimum atomic E-state index is -0.581. The monoisotopic (exact) mass is 438 g/mol. The molecule has 3 aromatic rings. The summed E-state index contributed by atoms with van der Waals surface area (Å²) in [6.07, 6.45) is 6.42. The molecular formula is C23H30N6O3. The van der Waals surface area contributed by atoms with Gasteiger partial charge < -0.3 is 20.1 Å². The molecule has 2 amide bonds. The quantitative estimate of drug-likeness (QED) is 0.485. The van der Waals surface area contributed by atoms with E-state index in [0.29, 0.717) is 24.0 Å². The first-order chi connectivity index (χ1) is 15.4. The van der Waals surface area contributed by atoms with Gasteiger partial charge in [0, 0.05) is 19.8 Å². The molecule has 170 valence electrons. The molecule has 9 nitrogen and oxygen atoms in total. The van der Waals surface area contributed by atoms with E-state index < -0.39 is 5.54 Å². The molecule has 3 N–H and O–H groups in total. The summed E-state index contributed by atoms with van der Waals surface area (Å²) in [6, 6.07) is 7.51. The molecular weight excluding hydrogens is 408 g/mol. The highest BCUT2D eigenvalue weighted by Gasteiger charge is 2.38. The predicted octanol–water partition coefficient (Wildman–Crippen LogP) is 3.44. The number of aryl methyl sites for hydroxylation is 1. The molecule has 1 aliphatic rings. The molecule has 2 aromatic heterocycles. The lowest BCUT2D eigenvalue weighted by molar-refractivity contribution is -0.122. The summed E-state index contributed by atoms with van der Waals surface area (Å²) in [5.74, 6) is 1.41. The van der Waals surface area contributed by atoms with Gasteiger partial charge in [0.05, 0.1) is 17.1 Å². The van der Waals surface area contributed by atoms with Gasteiger partial charge in [0.1, 0.15) is 11.4 Å². The minimum absolute atomic E-state index is 0.0998. The van der Waals surface area contributed by atoms with Gasteiger partial charge in [-0.3, -0.25) is 9.59 Å². The number of para-hydroxylation sites is 2. The number of nitrogens with one attached hydrogen (secondary N) is 3. The van der Waals surface area contributed by atoms with Crippen LogP contribution in [0.2, 0.25) is 0 Å². The van der Waals surface area contributed by atoms with Crippen LogP contribution in [-0.4, -0.2) is 31.9 Å². The van der Waals surface area contributed by atoms with E-state index in [1.807, 2.05) is 31.2 Å². The van der Waals surface area contributed by atoms with Crippen LogP contribution in [0.5, 0.6) is 0 Å². The SMILES string of the molecule is CC(=O)NC1(c2noc(CCC(=O)NC(C)c3nc4ccccc4[nH]3)n2)CCCCCC1. The number of hydrogen-bond donors (Lipinski definition) is 3. The molecule has 0 radical (unpaired) electrons. The predicted molar refractivity (Wildman–Crippen MR) is 118 cm³/mol. The zero-order valence-electron chi connectivity index (χ0n) is 18.6. The van der Waals surface area contributed by atoms with E-state index in [0.717, 1.165) is 49.6 Å². The third-order valence-corrected chi connectivity index (χ3v) is 6.03. The number of carbonyl (C=O) groups is 2. The standard InChI is InChI=1S/C23H30N6O3/c1-15(21-25-17-9-5-6-10-18(17)26-21)24-19(31)11-12-20-27-22(29-32-20)23(28-16(2)30)13-7-3-4-8-14-23/h5-6,9-10,15H,3-4,7-8,11-14H2,1-2H3,(H,24,31)(H,25,26)(H,28,30). The van der Waals surface area contributed by atoms with Crippen LogP contribution in [0.1, 0.15) is 82.4 Å². The summed E-state index contributed by atoms with van der Waals surface area (Å²) >= 11 is 0. The second-order valence-corrected chi connectivity index (χ2v) is 8.62. The van der Waals surface area contributed by atoms with Crippen LogP contribution in [0, 0.1) is 0 Å². The number of H-pyrrole nitrogens is 1. The maximum absolute atomic E-state index is 12.5. The van der Waals surface area contributed by atoms with Gasteiger partial charge >= 0.3 is 0 Å². The van der Waals surface area contributed by atoms with Crippen LogP contribution in [0.15, 0.2) is 28.8 Å². The van der Waals surface area contributed by atoms with Gasteiger partial charge in [-0.15, -0.1) is 0 Å². The van der Waals surface area contributed by atoms with Crippen molar-refractivity contribution in [2.75, 3.05) is 0 Å². The molecule has 1 unspecified atom stereocenters. The Balaban J connectivity index is 1.36. The number of imidazole rings is 1. The maximum atomic E-state index is 12.5. The van der Waals surface area contributed by atoms with Crippen LogP contribution < -0.4 is 10.6 Å². The Morgan fingerprint density at radius 2 is 1.91 bits per heavy atom. The molecule has 32 heavy (non-hydrogen) atoms. The summed E-state index contributed by atoms with van der Waals surface area (Å²) in [4.78, 5) is 36.6. The first kappa shape index (κ1) is 22.0. The Hall–Kier alpha value is -3.23. The topological polar surface area (TPSA) is 126 Å². The molecule has 0 spiro atoms. The number of nitrogens with zero attached hydrogens (tertiary/aromatic N) is 3. The smallest absolute Gasteiger partial charge is 0.227 e. The van der Waals surface area contributed by atoms with Gasteiger partial charge in [0.25, 0.3) is 0 Å². The zero-order valence-corrected chi connectivity index (χ0v) is 18.6. The Labute approximate surface area is 186 Å². The van der Waals surface area contributed by atoms with Crippen LogP contribution in [0.4, 0.5) is 0 Å². The maximum Gasteiger partial charge on any atom is 0.227 e. The van der Waals surface area contributed by atoms with E-state index in [4.69, 9.17) is 4.52 Å². The van der Waals surface area contributed by atoms with E-state index in [1.165, 1.54) is 6.92 Å². The van der Waals surface area contributed by atoms with Gasteiger partial charge in [-0.05, 0) is 31.9 Å². The summed E-state index contributed by atoms with van der Waals surface area (Å²) in [5.41, 5.74) is 1.23. The number of aromatic amines is 1. The molecule has 2 heterocycles. The molecule has 1 saturated carbocycles. The van der Waals surface area contributed by atoms with Crippen molar-refractivity contribution >= 4 is 22.8 Å². The van der Waals surface area contributed by atoms with Gasteiger partial charge in [0.2, 0.25) is 17.7 Å². The minimum Gasteiger partial charge on any atom is -0.346 e. The lowest BCUT2D eigenvalue weighted by Gasteiger charge is -2.30. The van der Waals surface area contributed by atoms with E-state index in [1.54, 1.807) is 0 Å². The molecule has 1 aliphatic carbocycles. The van der Waals surface area contributed by atoms with Gasteiger partial charge in [-0.1, -0.05) is 43.0 Å². The van der Waals surface area contributed by atoms with Crippen LogP contribution in [-0.2, 0) is 21.5 Å². The molecule has 0 saturated heterocycles. The fourth-order valence-electron chi connectivity index (χ4n) is 4.40. The molecule has 0 aliphatic heterocycles. The summed E-state index contributed by atoms with van der Waals surface area (Å²) in [7, 11) is 0. The van der Waals surface area contributed by atoms with Crippen molar-refractivity contribution in [2.24, 2.45) is 0 Å². The Kier molecular flexibility index (Phi) is 6.53. The third kappa shape index (κ3) is 4.98. The molecule has 1 aromatic carbocycles. The zero-order chi connectivity index (χ0) is 22.6. The molecule has 1 atom stereocenters. The van der Waals surface area contributed by atoms with E-state index in [2.05, 4.69) is 30.7 Å². The first-order valence-corrected chi connectivity index (χ1v) is 11.3. The van der Waals surface area contributed by atoms with E-state index in [9.17, 15) is 9.59 Å². The summed E-state index contributed by atoms with van der Waals surface area (Å²) in [5, 5.41) is 10.2. The summed E-state index contributed by atoms with van der Waals surface area (Å²) in [6.45, 7) is 3.41. The Bertz CT molecular complexity index is 1050. The van der Waals surface area contributed by atoms with Gasteiger partial charge in [-0.25, -0.2) is 4.98 Å². The highest BCUT2D eigenvalue weighted by atomic mass is 16.5. The average molecular weight is 439 g/mol. The number of aromatic nitrogens is 4. The molecule has 1 fully saturated rings. The second-order valence-electron chi connectivity index (χ2n) is 8.62. The number of fused-ring (bicyclic) bond motifs is 1. The number of hydrogen-bond acceptors (Lipinski definition) is 6. The van der Waals surface area contributed by atoms with Crippen LogP contribution in [0.25, 0.3) is 11.0 Å².